The number of phosphoric ester groups is 2. The molecule has 0 amide bonds. The van der Waals surface area contributed by atoms with Gasteiger partial charge in [0.25, 0.3) is 0 Å². The fraction of sp³-hybridized carbons (Fsp3) is 0.939. The SMILES string of the molecule is CCCCCCCCCCCCCC(=O)OC[C@H](COP(=O)(O)OC[C@@H](O)COP(=O)(O)OC[C@@H](COC(=O)CCCCCCCCC)OC(=O)CCCCCCCCCCCCC)OC(=O)CCCCCCCCCCCCCCCC(C)C. The van der Waals surface area contributed by atoms with Crippen molar-refractivity contribution in [1.29, 1.82) is 0 Å². The standard InChI is InChI=1S/C66H128O17P2/c1-6-9-12-15-18-20-25-30-35-40-45-50-64(69)77-56-62(83-66(71)52-47-42-37-32-28-24-22-23-27-29-34-38-43-48-59(4)5)58-81-85(74,75)79-54-60(67)53-78-84(72,73)80-57-61(55-76-63(68)49-44-39-33-17-14-11-8-3)82-65(70)51-46-41-36-31-26-21-19-16-13-10-7-2/h59-62,67H,6-58H2,1-5H3,(H,72,73)(H,74,75)/t60-,61+,62+/m0/s1. The van der Waals surface area contributed by atoms with E-state index in [9.17, 15) is 43.2 Å². The molecule has 0 spiro atoms. The Labute approximate surface area is 517 Å². The second-order valence-electron chi connectivity index (χ2n) is 24.3. The highest BCUT2D eigenvalue weighted by Gasteiger charge is 2.30. The van der Waals surface area contributed by atoms with Crippen LogP contribution in [0.3, 0.4) is 0 Å². The van der Waals surface area contributed by atoms with Crippen molar-refractivity contribution in [2.75, 3.05) is 39.6 Å². The molecule has 0 aromatic heterocycles. The first kappa shape index (κ1) is 83.1. The van der Waals surface area contributed by atoms with E-state index in [-0.39, 0.29) is 25.7 Å². The summed E-state index contributed by atoms with van der Waals surface area (Å²) in [5, 5.41) is 10.5. The number of aliphatic hydroxyl groups excluding tert-OH is 1. The molecule has 0 bridgehead atoms. The fourth-order valence-corrected chi connectivity index (χ4v) is 11.5. The van der Waals surface area contributed by atoms with Gasteiger partial charge in [-0.2, -0.15) is 0 Å². The second kappa shape index (κ2) is 59.7. The van der Waals surface area contributed by atoms with Gasteiger partial charge in [-0.25, -0.2) is 9.13 Å². The molecule has 0 saturated carbocycles. The van der Waals surface area contributed by atoms with Crippen molar-refractivity contribution in [2.45, 2.75) is 355 Å². The van der Waals surface area contributed by atoms with E-state index in [0.717, 1.165) is 109 Å². The molecule has 0 aromatic rings. The van der Waals surface area contributed by atoms with Crippen LogP contribution in [0.1, 0.15) is 336 Å². The summed E-state index contributed by atoms with van der Waals surface area (Å²) in [4.78, 5) is 72.2. The maximum Gasteiger partial charge on any atom is 0.472 e. The Morgan fingerprint density at radius 3 is 0.800 bits per heavy atom. The molecule has 2 unspecified atom stereocenters. The normalized spacial score (nSPS) is 14.2. The summed E-state index contributed by atoms with van der Waals surface area (Å²) in [7, 11) is -9.88. The van der Waals surface area contributed by atoms with E-state index in [4.69, 9.17) is 37.0 Å². The highest BCUT2D eigenvalue weighted by Crippen LogP contribution is 2.45. The van der Waals surface area contributed by atoms with Crippen molar-refractivity contribution < 1.29 is 80.2 Å². The van der Waals surface area contributed by atoms with Crippen molar-refractivity contribution >= 4 is 39.5 Å². The number of phosphoric acid groups is 2. The first-order valence-electron chi connectivity index (χ1n) is 34.6. The van der Waals surface area contributed by atoms with Crippen molar-refractivity contribution in [3.05, 3.63) is 0 Å². The molecule has 17 nitrogen and oxygen atoms in total. The van der Waals surface area contributed by atoms with Gasteiger partial charge in [0.15, 0.2) is 12.2 Å². The number of unbranched alkanes of at least 4 members (excludes halogenated alkanes) is 38. The van der Waals surface area contributed by atoms with Gasteiger partial charge in [-0.1, -0.05) is 285 Å². The summed E-state index contributed by atoms with van der Waals surface area (Å²) in [5.41, 5.74) is 0. The van der Waals surface area contributed by atoms with Gasteiger partial charge < -0.3 is 33.8 Å². The minimum Gasteiger partial charge on any atom is -0.462 e. The van der Waals surface area contributed by atoms with Crippen LogP contribution in [0, 0.1) is 5.92 Å². The number of rotatable bonds is 66. The predicted octanol–water partition coefficient (Wildman–Crippen LogP) is 18.6. The van der Waals surface area contributed by atoms with E-state index in [1.165, 1.54) is 148 Å². The minimum absolute atomic E-state index is 0.107. The van der Waals surface area contributed by atoms with Crippen molar-refractivity contribution in [1.82, 2.24) is 0 Å². The number of esters is 4. The zero-order chi connectivity index (χ0) is 62.8. The molecule has 0 saturated heterocycles. The van der Waals surface area contributed by atoms with Gasteiger partial charge in [-0.15, -0.1) is 0 Å². The van der Waals surface area contributed by atoms with Crippen LogP contribution in [0.2, 0.25) is 0 Å². The number of hydrogen-bond donors (Lipinski definition) is 3. The zero-order valence-electron chi connectivity index (χ0n) is 54.7. The number of ether oxygens (including phenoxy) is 4. The molecule has 0 aliphatic heterocycles. The molecular formula is C66H128O17P2. The quantitative estimate of drug-likeness (QED) is 0.0222. The van der Waals surface area contributed by atoms with Crippen LogP contribution in [0.25, 0.3) is 0 Å². The van der Waals surface area contributed by atoms with E-state index < -0.39 is 97.5 Å². The summed E-state index contributed by atoms with van der Waals surface area (Å²) in [6, 6.07) is 0. The van der Waals surface area contributed by atoms with Crippen LogP contribution in [0.15, 0.2) is 0 Å². The molecule has 0 radical (unpaired) electrons. The molecule has 504 valence electrons. The van der Waals surface area contributed by atoms with Crippen molar-refractivity contribution in [3.8, 4) is 0 Å². The summed E-state index contributed by atoms with van der Waals surface area (Å²) >= 11 is 0. The lowest BCUT2D eigenvalue weighted by Gasteiger charge is -2.21. The maximum atomic E-state index is 13.0. The van der Waals surface area contributed by atoms with Gasteiger partial charge in [0.2, 0.25) is 0 Å². The molecule has 85 heavy (non-hydrogen) atoms. The minimum atomic E-state index is -4.95. The number of hydrogen-bond acceptors (Lipinski definition) is 15. The Hall–Kier alpha value is -1.94. The monoisotopic (exact) mass is 1250 g/mol. The lowest BCUT2D eigenvalue weighted by molar-refractivity contribution is -0.161. The van der Waals surface area contributed by atoms with Gasteiger partial charge in [0, 0.05) is 25.7 Å². The summed E-state index contributed by atoms with van der Waals surface area (Å²) in [6.45, 7) is 7.19. The molecule has 0 fully saturated rings. The Morgan fingerprint density at radius 1 is 0.318 bits per heavy atom. The highest BCUT2D eigenvalue weighted by molar-refractivity contribution is 7.47. The molecule has 0 aliphatic carbocycles. The van der Waals surface area contributed by atoms with E-state index >= 15 is 0 Å². The molecule has 0 aromatic carbocycles. The molecule has 5 atom stereocenters. The van der Waals surface area contributed by atoms with Crippen LogP contribution in [-0.4, -0.2) is 96.7 Å². The topological polar surface area (TPSA) is 237 Å². The Morgan fingerprint density at radius 2 is 0.541 bits per heavy atom. The van der Waals surface area contributed by atoms with E-state index in [1.54, 1.807) is 0 Å². The Bertz CT molecular complexity index is 1650. The Balaban J connectivity index is 5.20. The van der Waals surface area contributed by atoms with Gasteiger partial charge in [0.1, 0.15) is 19.3 Å². The molecule has 0 heterocycles. The van der Waals surface area contributed by atoms with Gasteiger partial charge in [-0.05, 0) is 31.6 Å². The van der Waals surface area contributed by atoms with Crippen LogP contribution < -0.4 is 0 Å². The average molecular weight is 1260 g/mol. The van der Waals surface area contributed by atoms with Gasteiger partial charge in [0.05, 0.1) is 26.4 Å². The molecule has 19 heteroatoms. The van der Waals surface area contributed by atoms with E-state index in [1.807, 2.05) is 0 Å². The highest BCUT2D eigenvalue weighted by atomic mass is 31.2. The van der Waals surface area contributed by atoms with E-state index in [0.29, 0.717) is 25.7 Å². The van der Waals surface area contributed by atoms with Crippen LogP contribution >= 0.6 is 15.6 Å². The third kappa shape index (κ3) is 60.7. The third-order valence-corrected chi connectivity index (χ3v) is 17.2. The van der Waals surface area contributed by atoms with E-state index in [2.05, 4.69) is 34.6 Å². The van der Waals surface area contributed by atoms with Crippen molar-refractivity contribution in [3.63, 3.8) is 0 Å². The second-order valence-corrected chi connectivity index (χ2v) is 27.2. The van der Waals surface area contributed by atoms with Crippen molar-refractivity contribution in [2.24, 2.45) is 5.92 Å². The number of carbonyl (C=O) groups is 4. The van der Waals surface area contributed by atoms with Gasteiger partial charge >= 0.3 is 39.5 Å². The summed E-state index contributed by atoms with van der Waals surface area (Å²) < 4.78 is 68.0. The number of aliphatic hydroxyl groups is 1. The molecule has 0 rings (SSSR count). The fourth-order valence-electron chi connectivity index (χ4n) is 9.94. The molecule has 3 N–H and O–H groups in total. The van der Waals surface area contributed by atoms with Crippen LogP contribution in [0.5, 0.6) is 0 Å². The molecular weight excluding hydrogens is 1130 g/mol. The predicted molar refractivity (Wildman–Crippen MR) is 340 cm³/mol. The third-order valence-electron chi connectivity index (χ3n) is 15.3. The lowest BCUT2D eigenvalue weighted by Crippen LogP contribution is -2.30. The summed E-state index contributed by atoms with van der Waals surface area (Å²) in [5.74, 6) is -1.35. The number of carbonyl (C=O) groups excluding carboxylic acids is 4. The average Bonchev–Trinajstić information content (AvgIpc) is 3.50. The zero-order valence-corrected chi connectivity index (χ0v) is 56.5. The maximum absolute atomic E-state index is 13.0. The first-order chi connectivity index (χ1) is 41.0. The molecule has 0 aliphatic rings. The Kier molecular flexibility index (Phi) is 58.3. The van der Waals surface area contributed by atoms with Crippen LogP contribution in [0.4, 0.5) is 0 Å². The van der Waals surface area contributed by atoms with Crippen LogP contribution in [-0.2, 0) is 65.4 Å². The smallest absolute Gasteiger partial charge is 0.462 e. The van der Waals surface area contributed by atoms with Gasteiger partial charge in [-0.3, -0.25) is 37.3 Å². The summed E-state index contributed by atoms with van der Waals surface area (Å²) in [6.07, 6.45) is 44.4. The largest absolute Gasteiger partial charge is 0.472 e. The first-order valence-corrected chi connectivity index (χ1v) is 37.6. The lowest BCUT2D eigenvalue weighted by atomic mass is 10.0.